The largest absolute Gasteiger partial charge is 0.494 e. The van der Waals surface area contributed by atoms with Crippen LogP contribution in [0.15, 0.2) is 48.5 Å². The van der Waals surface area contributed by atoms with Gasteiger partial charge in [-0.25, -0.2) is 4.79 Å². The molecule has 6 heteroatoms. The molecule has 0 aromatic heterocycles. The average Bonchev–Trinajstić information content (AvgIpc) is 3.01. The van der Waals surface area contributed by atoms with Crippen LogP contribution in [0.1, 0.15) is 18.0 Å². The SMILES string of the molecule is CN(C)CCCOc1cccc([C@H]2COC(=O)N2c2ccc(Cl)cc2)c1. The zero-order valence-corrected chi connectivity index (χ0v) is 15.8. The number of cyclic esters (lactones) is 1. The van der Waals surface area contributed by atoms with Crippen molar-refractivity contribution in [1.29, 1.82) is 0 Å². The summed E-state index contributed by atoms with van der Waals surface area (Å²) in [6.07, 6.45) is 0.605. The van der Waals surface area contributed by atoms with Gasteiger partial charge in [0.05, 0.1) is 12.6 Å². The lowest BCUT2D eigenvalue weighted by Crippen LogP contribution is -2.27. The second kappa shape index (κ2) is 8.43. The minimum atomic E-state index is -0.352. The molecule has 0 spiro atoms. The second-order valence-corrected chi connectivity index (χ2v) is 6.95. The fraction of sp³-hybridized carbons (Fsp3) is 0.350. The highest BCUT2D eigenvalue weighted by atomic mass is 35.5. The van der Waals surface area contributed by atoms with E-state index in [1.165, 1.54) is 0 Å². The maximum atomic E-state index is 12.2. The highest BCUT2D eigenvalue weighted by molar-refractivity contribution is 6.30. The lowest BCUT2D eigenvalue weighted by atomic mass is 10.1. The Balaban J connectivity index is 1.73. The van der Waals surface area contributed by atoms with Crippen LogP contribution in [0, 0.1) is 0 Å². The Hall–Kier alpha value is -2.24. The van der Waals surface area contributed by atoms with E-state index >= 15 is 0 Å². The van der Waals surface area contributed by atoms with Crippen molar-refractivity contribution in [2.75, 3.05) is 38.8 Å². The molecule has 0 saturated carbocycles. The molecule has 0 unspecified atom stereocenters. The van der Waals surface area contributed by atoms with Crippen molar-refractivity contribution in [3.8, 4) is 5.75 Å². The first-order chi connectivity index (χ1) is 12.5. The van der Waals surface area contributed by atoms with Gasteiger partial charge in [-0.15, -0.1) is 0 Å². The van der Waals surface area contributed by atoms with Crippen LogP contribution in [0.3, 0.4) is 0 Å². The Morgan fingerprint density at radius 2 is 2.00 bits per heavy atom. The zero-order valence-electron chi connectivity index (χ0n) is 15.0. The molecule has 0 radical (unpaired) electrons. The monoisotopic (exact) mass is 374 g/mol. The number of carbonyl (C=O) groups is 1. The molecule has 1 aliphatic rings. The van der Waals surface area contributed by atoms with Crippen molar-refractivity contribution in [3.05, 3.63) is 59.1 Å². The topological polar surface area (TPSA) is 42.0 Å². The Kier molecular flexibility index (Phi) is 6.01. The second-order valence-electron chi connectivity index (χ2n) is 6.52. The Labute approximate surface area is 159 Å². The lowest BCUT2D eigenvalue weighted by Gasteiger charge is -2.22. The van der Waals surface area contributed by atoms with Crippen LogP contribution in [0.2, 0.25) is 5.02 Å². The number of anilines is 1. The van der Waals surface area contributed by atoms with Crippen molar-refractivity contribution in [3.63, 3.8) is 0 Å². The van der Waals surface area contributed by atoms with Crippen molar-refractivity contribution < 1.29 is 14.3 Å². The van der Waals surface area contributed by atoms with E-state index in [4.69, 9.17) is 21.1 Å². The van der Waals surface area contributed by atoms with E-state index in [0.717, 1.165) is 30.0 Å². The Bertz CT molecular complexity index is 749. The minimum Gasteiger partial charge on any atom is -0.494 e. The number of hydrogen-bond donors (Lipinski definition) is 0. The summed E-state index contributed by atoms with van der Waals surface area (Å²) in [7, 11) is 4.09. The summed E-state index contributed by atoms with van der Waals surface area (Å²) >= 11 is 5.95. The molecule has 2 aromatic carbocycles. The van der Waals surface area contributed by atoms with Gasteiger partial charge in [-0.3, -0.25) is 4.90 Å². The molecule has 2 aromatic rings. The summed E-state index contributed by atoms with van der Waals surface area (Å²) in [6.45, 7) is 1.95. The van der Waals surface area contributed by atoms with Crippen LogP contribution >= 0.6 is 11.6 Å². The molecule has 1 aliphatic heterocycles. The zero-order chi connectivity index (χ0) is 18.5. The van der Waals surface area contributed by atoms with Crippen molar-refractivity contribution in [2.24, 2.45) is 0 Å². The molecule has 3 rings (SSSR count). The van der Waals surface area contributed by atoms with E-state index in [1.54, 1.807) is 17.0 Å². The van der Waals surface area contributed by atoms with E-state index in [0.29, 0.717) is 18.2 Å². The number of ether oxygens (including phenoxy) is 2. The number of benzene rings is 2. The Morgan fingerprint density at radius 3 is 2.73 bits per heavy atom. The van der Waals surface area contributed by atoms with E-state index in [-0.39, 0.29) is 12.1 Å². The Morgan fingerprint density at radius 1 is 1.23 bits per heavy atom. The number of rotatable bonds is 7. The summed E-state index contributed by atoms with van der Waals surface area (Å²) in [5.74, 6) is 0.802. The molecular weight excluding hydrogens is 352 g/mol. The smallest absolute Gasteiger partial charge is 0.415 e. The molecule has 138 valence electrons. The molecule has 0 N–H and O–H groups in total. The van der Waals surface area contributed by atoms with Gasteiger partial charge < -0.3 is 14.4 Å². The predicted molar refractivity (Wildman–Crippen MR) is 103 cm³/mol. The van der Waals surface area contributed by atoms with E-state index in [2.05, 4.69) is 4.90 Å². The van der Waals surface area contributed by atoms with Crippen LogP contribution in [-0.2, 0) is 4.74 Å². The van der Waals surface area contributed by atoms with Crippen molar-refractivity contribution >= 4 is 23.4 Å². The molecule has 5 nitrogen and oxygen atoms in total. The van der Waals surface area contributed by atoms with Crippen molar-refractivity contribution in [1.82, 2.24) is 4.90 Å². The standard InChI is InChI=1S/C20H23ClN2O3/c1-22(2)11-4-12-25-18-6-3-5-15(13-18)19-14-26-20(24)23(19)17-9-7-16(21)8-10-17/h3,5-10,13,19H,4,11-12,14H2,1-2H3/t19-/m1/s1. The molecule has 0 aliphatic carbocycles. The van der Waals surface area contributed by atoms with Gasteiger partial charge in [0.1, 0.15) is 12.4 Å². The molecule has 1 saturated heterocycles. The van der Waals surface area contributed by atoms with Gasteiger partial charge in [0.15, 0.2) is 0 Å². The molecule has 1 atom stereocenters. The molecule has 1 heterocycles. The average molecular weight is 375 g/mol. The van der Waals surface area contributed by atoms with Gasteiger partial charge in [-0.1, -0.05) is 23.7 Å². The van der Waals surface area contributed by atoms with E-state index in [1.807, 2.05) is 50.5 Å². The van der Waals surface area contributed by atoms with Crippen LogP contribution in [0.5, 0.6) is 5.75 Å². The van der Waals surface area contributed by atoms with E-state index in [9.17, 15) is 4.79 Å². The van der Waals surface area contributed by atoms with Gasteiger partial charge >= 0.3 is 6.09 Å². The molecule has 1 fully saturated rings. The van der Waals surface area contributed by atoms with Crippen LogP contribution in [0.25, 0.3) is 0 Å². The fourth-order valence-corrected chi connectivity index (χ4v) is 3.06. The van der Waals surface area contributed by atoms with Crippen LogP contribution in [-0.4, -0.2) is 44.8 Å². The number of amides is 1. The molecule has 0 bridgehead atoms. The van der Waals surface area contributed by atoms with Gasteiger partial charge in [-0.05, 0) is 62.5 Å². The van der Waals surface area contributed by atoms with Crippen LogP contribution in [0.4, 0.5) is 10.5 Å². The highest BCUT2D eigenvalue weighted by Gasteiger charge is 2.35. The summed E-state index contributed by atoms with van der Waals surface area (Å²) in [6, 6.07) is 14.8. The number of carbonyl (C=O) groups excluding carboxylic acids is 1. The first kappa shape index (κ1) is 18.5. The number of nitrogens with zero attached hydrogens (tertiary/aromatic N) is 2. The normalized spacial score (nSPS) is 16.8. The van der Waals surface area contributed by atoms with Gasteiger partial charge in [-0.2, -0.15) is 0 Å². The maximum Gasteiger partial charge on any atom is 0.415 e. The summed E-state index contributed by atoms with van der Waals surface area (Å²) in [4.78, 5) is 16.0. The minimum absolute atomic E-state index is 0.186. The van der Waals surface area contributed by atoms with Gasteiger partial charge in [0.25, 0.3) is 0 Å². The van der Waals surface area contributed by atoms with E-state index < -0.39 is 0 Å². The van der Waals surface area contributed by atoms with Gasteiger partial charge in [0.2, 0.25) is 0 Å². The third-order valence-corrected chi connectivity index (χ3v) is 4.49. The first-order valence-corrected chi connectivity index (χ1v) is 9.01. The molecular formula is C20H23ClN2O3. The van der Waals surface area contributed by atoms with Crippen LogP contribution < -0.4 is 9.64 Å². The number of hydrogen-bond acceptors (Lipinski definition) is 4. The molecule has 26 heavy (non-hydrogen) atoms. The maximum absolute atomic E-state index is 12.2. The first-order valence-electron chi connectivity index (χ1n) is 8.63. The van der Waals surface area contributed by atoms with Gasteiger partial charge in [0, 0.05) is 17.3 Å². The summed E-state index contributed by atoms with van der Waals surface area (Å²) < 4.78 is 11.1. The number of halogens is 1. The third-order valence-electron chi connectivity index (χ3n) is 4.24. The van der Waals surface area contributed by atoms with Crippen molar-refractivity contribution in [2.45, 2.75) is 12.5 Å². The lowest BCUT2D eigenvalue weighted by molar-refractivity contribution is 0.179. The fourth-order valence-electron chi connectivity index (χ4n) is 2.94. The predicted octanol–water partition coefficient (Wildman–Crippen LogP) is 4.37. The highest BCUT2D eigenvalue weighted by Crippen LogP contribution is 2.34. The third kappa shape index (κ3) is 4.48. The molecule has 1 amide bonds. The summed E-state index contributed by atoms with van der Waals surface area (Å²) in [5.41, 5.74) is 1.75. The summed E-state index contributed by atoms with van der Waals surface area (Å²) in [5, 5.41) is 0.631. The quantitative estimate of drug-likeness (QED) is 0.675.